The predicted octanol–water partition coefficient (Wildman–Crippen LogP) is 3.96. The van der Waals surface area contributed by atoms with Gasteiger partial charge in [-0.15, -0.1) is 12.4 Å². The van der Waals surface area contributed by atoms with Gasteiger partial charge in [0.05, 0.1) is 14.2 Å². The predicted molar refractivity (Wildman–Crippen MR) is 104 cm³/mol. The van der Waals surface area contributed by atoms with Gasteiger partial charge in [0.1, 0.15) is 0 Å². The third kappa shape index (κ3) is 3.08. The average molecular weight is 359 g/mol. The third-order valence-electron chi connectivity index (χ3n) is 4.81. The van der Waals surface area contributed by atoms with Crippen LogP contribution in [0.3, 0.4) is 0 Å². The molecule has 1 aliphatic rings. The third-order valence-corrected chi connectivity index (χ3v) is 4.81. The van der Waals surface area contributed by atoms with Crippen molar-refractivity contribution in [3.05, 3.63) is 47.7 Å². The van der Waals surface area contributed by atoms with Crippen LogP contribution in [0.5, 0.6) is 11.5 Å². The van der Waals surface area contributed by atoms with Crippen molar-refractivity contribution < 1.29 is 9.47 Å². The van der Waals surface area contributed by atoms with Crippen LogP contribution >= 0.6 is 12.4 Å². The van der Waals surface area contributed by atoms with Gasteiger partial charge in [0, 0.05) is 29.6 Å². The van der Waals surface area contributed by atoms with E-state index >= 15 is 0 Å². The molecular formula is C20H23ClN2O2. The molecule has 0 amide bonds. The maximum Gasteiger partial charge on any atom is 0.161 e. The van der Waals surface area contributed by atoms with Crippen LogP contribution in [-0.2, 0) is 12.8 Å². The molecule has 3 aromatic rings. The van der Waals surface area contributed by atoms with Crippen LogP contribution in [0.15, 0.2) is 36.4 Å². The molecule has 25 heavy (non-hydrogen) atoms. The number of halogens is 1. The molecule has 0 atom stereocenters. The first-order chi connectivity index (χ1) is 11.8. The van der Waals surface area contributed by atoms with Crippen molar-refractivity contribution in [1.29, 1.82) is 0 Å². The van der Waals surface area contributed by atoms with E-state index in [4.69, 9.17) is 9.47 Å². The number of aromatic amines is 1. The molecule has 1 aliphatic heterocycles. The standard InChI is InChI=1S/C20H22N2O2.ClH/c1-23-18-7-6-13(12-19(18)24-2)14-4-3-5-17-20(14)15-8-10-21-11-9-16(15)22-17;/h3-7,12,21-22H,8-11H2,1-2H3;1H. The zero-order valence-electron chi connectivity index (χ0n) is 14.5. The van der Waals surface area contributed by atoms with Crippen LogP contribution < -0.4 is 14.8 Å². The van der Waals surface area contributed by atoms with Crippen LogP contribution in [0.2, 0.25) is 0 Å². The molecule has 0 aliphatic carbocycles. The van der Waals surface area contributed by atoms with Crippen LogP contribution in [0, 0.1) is 0 Å². The van der Waals surface area contributed by atoms with E-state index in [2.05, 4.69) is 40.6 Å². The SMILES string of the molecule is COc1ccc(-c2cccc3[nH]c4c(c23)CCNCC4)cc1OC.Cl. The quantitative estimate of drug-likeness (QED) is 0.745. The summed E-state index contributed by atoms with van der Waals surface area (Å²) >= 11 is 0. The molecule has 0 bridgehead atoms. The lowest BCUT2D eigenvalue weighted by atomic mass is 9.96. The molecule has 2 N–H and O–H groups in total. The van der Waals surface area contributed by atoms with Crippen molar-refractivity contribution in [2.24, 2.45) is 0 Å². The summed E-state index contributed by atoms with van der Waals surface area (Å²) in [4.78, 5) is 3.62. The highest BCUT2D eigenvalue weighted by atomic mass is 35.5. The molecule has 0 saturated carbocycles. The van der Waals surface area contributed by atoms with Gasteiger partial charge in [-0.05, 0) is 47.9 Å². The average Bonchev–Trinajstić information content (AvgIpc) is 2.82. The van der Waals surface area contributed by atoms with E-state index in [0.717, 1.165) is 43.0 Å². The maximum absolute atomic E-state index is 5.48. The Kier molecular flexibility index (Phi) is 5.21. The van der Waals surface area contributed by atoms with Crippen molar-refractivity contribution in [2.45, 2.75) is 12.8 Å². The number of hydrogen-bond acceptors (Lipinski definition) is 3. The summed E-state index contributed by atoms with van der Waals surface area (Å²) in [6.07, 6.45) is 2.11. The van der Waals surface area contributed by atoms with Gasteiger partial charge in [0.2, 0.25) is 0 Å². The monoisotopic (exact) mass is 358 g/mol. The first-order valence-electron chi connectivity index (χ1n) is 8.37. The molecule has 4 nitrogen and oxygen atoms in total. The maximum atomic E-state index is 5.48. The van der Waals surface area contributed by atoms with Gasteiger partial charge < -0.3 is 19.8 Å². The molecule has 0 saturated heterocycles. The number of fused-ring (bicyclic) bond motifs is 3. The van der Waals surface area contributed by atoms with E-state index < -0.39 is 0 Å². The van der Waals surface area contributed by atoms with Gasteiger partial charge in [-0.3, -0.25) is 0 Å². The number of benzene rings is 2. The van der Waals surface area contributed by atoms with E-state index in [9.17, 15) is 0 Å². The lowest BCUT2D eigenvalue weighted by Crippen LogP contribution is -2.16. The molecule has 0 fully saturated rings. The molecule has 0 radical (unpaired) electrons. The number of ether oxygens (including phenoxy) is 2. The number of hydrogen-bond donors (Lipinski definition) is 2. The zero-order valence-corrected chi connectivity index (χ0v) is 15.3. The summed E-state index contributed by atoms with van der Waals surface area (Å²) in [5.41, 5.74) is 6.42. The fourth-order valence-electron chi connectivity index (χ4n) is 3.66. The normalized spacial score (nSPS) is 13.7. The molecule has 1 aromatic heterocycles. The molecule has 132 valence electrons. The lowest BCUT2D eigenvalue weighted by Gasteiger charge is -2.11. The largest absolute Gasteiger partial charge is 0.493 e. The Morgan fingerprint density at radius 2 is 1.72 bits per heavy atom. The minimum Gasteiger partial charge on any atom is -0.493 e. The molecular weight excluding hydrogens is 336 g/mol. The lowest BCUT2D eigenvalue weighted by molar-refractivity contribution is 0.355. The number of nitrogens with one attached hydrogen (secondary N) is 2. The highest BCUT2D eigenvalue weighted by Crippen LogP contribution is 2.37. The van der Waals surface area contributed by atoms with Gasteiger partial charge in [-0.25, -0.2) is 0 Å². The second-order valence-corrected chi connectivity index (χ2v) is 6.13. The highest BCUT2D eigenvalue weighted by Gasteiger charge is 2.17. The van der Waals surface area contributed by atoms with E-state index in [-0.39, 0.29) is 12.4 Å². The molecule has 0 spiro atoms. The summed E-state index contributed by atoms with van der Waals surface area (Å²) in [5.74, 6) is 1.51. The minimum atomic E-state index is 0. The molecule has 0 unspecified atom stereocenters. The van der Waals surface area contributed by atoms with Crippen molar-refractivity contribution in [1.82, 2.24) is 10.3 Å². The first-order valence-corrected chi connectivity index (χ1v) is 8.37. The topological polar surface area (TPSA) is 46.3 Å². The van der Waals surface area contributed by atoms with Gasteiger partial charge in [-0.1, -0.05) is 18.2 Å². The Hall–Kier alpha value is -2.17. The number of rotatable bonds is 3. The summed E-state index contributed by atoms with van der Waals surface area (Å²) < 4.78 is 10.8. The Labute approximate surface area is 153 Å². The zero-order chi connectivity index (χ0) is 16.5. The van der Waals surface area contributed by atoms with E-state index in [0.29, 0.717) is 0 Å². The van der Waals surface area contributed by atoms with Crippen molar-refractivity contribution in [2.75, 3.05) is 27.3 Å². The van der Waals surface area contributed by atoms with Crippen LogP contribution in [0.4, 0.5) is 0 Å². The second-order valence-electron chi connectivity index (χ2n) is 6.13. The summed E-state index contributed by atoms with van der Waals surface area (Å²) in [6.45, 7) is 2.06. The molecule has 4 rings (SSSR count). The smallest absolute Gasteiger partial charge is 0.161 e. The van der Waals surface area contributed by atoms with E-state index in [1.54, 1.807) is 14.2 Å². The summed E-state index contributed by atoms with van der Waals surface area (Å²) in [5, 5.41) is 4.82. The Morgan fingerprint density at radius 1 is 0.920 bits per heavy atom. The van der Waals surface area contributed by atoms with Gasteiger partial charge >= 0.3 is 0 Å². The van der Waals surface area contributed by atoms with Crippen LogP contribution in [-0.4, -0.2) is 32.3 Å². The fourth-order valence-corrected chi connectivity index (χ4v) is 3.66. The molecule has 2 aromatic carbocycles. The van der Waals surface area contributed by atoms with E-state index in [1.807, 2.05) is 6.07 Å². The van der Waals surface area contributed by atoms with Gasteiger partial charge in [-0.2, -0.15) is 0 Å². The molecule has 5 heteroatoms. The first kappa shape index (κ1) is 17.6. The van der Waals surface area contributed by atoms with Gasteiger partial charge in [0.25, 0.3) is 0 Å². The molecule has 2 heterocycles. The number of aromatic nitrogens is 1. The van der Waals surface area contributed by atoms with Crippen LogP contribution in [0.25, 0.3) is 22.0 Å². The minimum absolute atomic E-state index is 0. The fraction of sp³-hybridized carbons (Fsp3) is 0.300. The summed E-state index contributed by atoms with van der Waals surface area (Å²) in [7, 11) is 3.34. The van der Waals surface area contributed by atoms with Gasteiger partial charge in [0.15, 0.2) is 11.5 Å². The summed E-state index contributed by atoms with van der Waals surface area (Å²) in [6, 6.07) is 12.6. The Morgan fingerprint density at radius 3 is 2.52 bits per heavy atom. The second kappa shape index (κ2) is 7.38. The van der Waals surface area contributed by atoms with E-state index in [1.165, 1.54) is 27.7 Å². The highest BCUT2D eigenvalue weighted by molar-refractivity contribution is 5.99. The van der Waals surface area contributed by atoms with Crippen molar-refractivity contribution >= 4 is 23.3 Å². The number of methoxy groups -OCH3 is 2. The van der Waals surface area contributed by atoms with Crippen LogP contribution in [0.1, 0.15) is 11.3 Å². The Balaban J connectivity index is 0.00000182. The Bertz CT molecular complexity index is 889. The van der Waals surface area contributed by atoms with Crippen molar-refractivity contribution in [3.63, 3.8) is 0 Å². The number of H-pyrrole nitrogens is 1. The van der Waals surface area contributed by atoms with Crippen molar-refractivity contribution in [3.8, 4) is 22.6 Å².